The standard InChI is InChI=1S/C41H33NO5P2/c1-26-22-28(3)39(45-48-38-21-13-10-17-32(38)31-16-9-12-20-37(31)44-48)34(24-26)35-25-27(2)23-29(4)40(35)46-49-42(30-14-6-5-7-15-30)36-19-11-8-18-33(36)41(43)47-49/h5-25H,1-4H3. The summed E-state index contributed by atoms with van der Waals surface area (Å²) in [6.07, 6.45) is 0. The summed E-state index contributed by atoms with van der Waals surface area (Å²) >= 11 is 0. The average molecular weight is 682 g/mol. The normalized spacial score (nSPS) is 16.1. The molecule has 0 saturated carbocycles. The van der Waals surface area contributed by atoms with Crippen molar-refractivity contribution in [2.24, 2.45) is 0 Å². The highest BCUT2D eigenvalue weighted by Crippen LogP contribution is 2.58. The fraction of sp³-hybridized carbons (Fsp3) is 0.0976. The van der Waals surface area contributed by atoms with Crippen LogP contribution in [0, 0.1) is 27.7 Å². The van der Waals surface area contributed by atoms with E-state index in [1.54, 1.807) is 6.07 Å². The predicted molar refractivity (Wildman–Crippen MR) is 199 cm³/mol. The van der Waals surface area contributed by atoms with Gasteiger partial charge in [0.1, 0.15) is 17.2 Å². The van der Waals surface area contributed by atoms with E-state index in [9.17, 15) is 4.79 Å². The van der Waals surface area contributed by atoms with Crippen molar-refractivity contribution in [3.8, 4) is 39.5 Å². The number of rotatable bonds is 6. The number of hydrogen-bond acceptors (Lipinski definition) is 6. The first-order chi connectivity index (χ1) is 23.9. The van der Waals surface area contributed by atoms with Crippen LogP contribution in [0.25, 0.3) is 22.3 Å². The molecule has 0 aliphatic carbocycles. The van der Waals surface area contributed by atoms with Crippen molar-refractivity contribution in [1.82, 2.24) is 0 Å². The molecule has 0 spiro atoms. The lowest BCUT2D eigenvalue weighted by atomic mass is 9.95. The SMILES string of the molecule is Cc1cc(C)c(OP2Oc3ccccc3-c3ccccc32)c(-c2cc(C)cc(C)c2OP2OC(=O)c3ccccc3N2c2ccccc2)c1. The monoisotopic (exact) mass is 681 g/mol. The molecule has 0 amide bonds. The molecule has 0 saturated heterocycles. The number of fused-ring (bicyclic) bond motifs is 4. The van der Waals surface area contributed by atoms with Gasteiger partial charge in [-0.3, -0.25) is 4.67 Å². The van der Waals surface area contributed by atoms with E-state index in [0.717, 1.165) is 72.7 Å². The second-order valence-corrected chi connectivity index (χ2v) is 14.8. The van der Waals surface area contributed by atoms with Crippen LogP contribution in [0.2, 0.25) is 0 Å². The van der Waals surface area contributed by atoms with Crippen LogP contribution in [-0.4, -0.2) is 5.97 Å². The molecular weight excluding hydrogens is 648 g/mol. The first-order valence-corrected chi connectivity index (χ1v) is 18.4. The van der Waals surface area contributed by atoms with Crippen LogP contribution in [0.15, 0.2) is 127 Å². The van der Waals surface area contributed by atoms with E-state index in [1.165, 1.54) is 0 Å². The molecule has 6 nitrogen and oxygen atoms in total. The molecule has 8 heteroatoms. The maximum atomic E-state index is 13.4. The Bertz CT molecular complexity index is 2240. The van der Waals surface area contributed by atoms with Crippen molar-refractivity contribution in [1.29, 1.82) is 0 Å². The molecule has 0 aromatic heterocycles. The largest absolute Gasteiger partial charge is 0.435 e. The van der Waals surface area contributed by atoms with E-state index in [-0.39, 0.29) is 0 Å². The highest BCUT2D eigenvalue weighted by atomic mass is 31.2. The lowest BCUT2D eigenvalue weighted by Crippen LogP contribution is -2.25. The Balaban J connectivity index is 1.24. The molecule has 0 radical (unpaired) electrons. The Morgan fingerprint density at radius 2 is 1.12 bits per heavy atom. The average Bonchev–Trinajstić information content (AvgIpc) is 3.11. The van der Waals surface area contributed by atoms with Crippen LogP contribution in [-0.2, 0) is 4.52 Å². The summed E-state index contributed by atoms with van der Waals surface area (Å²) in [5.74, 6) is 1.74. The summed E-state index contributed by atoms with van der Waals surface area (Å²) in [5.41, 5.74) is 10.1. The lowest BCUT2D eigenvalue weighted by Gasteiger charge is -2.35. The van der Waals surface area contributed by atoms with Gasteiger partial charge in [-0.25, -0.2) is 4.79 Å². The third-order valence-electron chi connectivity index (χ3n) is 8.61. The molecule has 0 fully saturated rings. The first kappa shape index (κ1) is 31.1. The summed E-state index contributed by atoms with van der Waals surface area (Å²) < 4.78 is 28.6. The van der Waals surface area contributed by atoms with Crippen LogP contribution < -0.4 is 23.5 Å². The highest BCUT2D eigenvalue weighted by Gasteiger charge is 2.39. The number of benzene rings is 6. The van der Waals surface area contributed by atoms with Gasteiger partial charge in [0.05, 0.1) is 22.2 Å². The second kappa shape index (κ2) is 12.7. The van der Waals surface area contributed by atoms with Crippen molar-refractivity contribution in [2.45, 2.75) is 27.7 Å². The minimum absolute atomic E-state index is 0.410. The summed E-state index contributed by atoms with van der Waals surface area (Å²) in [7, 11) is -3.44. The van der Waals surface area contributed by atoms with E-state index in [1.807, 2.05) is 90.5 Å². The number of aryl methyl sites for hydroxylation is 4. The number of nitrogens with zero attached hydrogens (tertiary/aromatic N) is 1. The van der Waals surface area contributed by atoms with Crippen molar-refractivity contribution >= 4 is 39.6 Å². The minimum Gasteiger partial charge on any atom is -0.435 e. The van der Waals surface area contributed by atoms with Crippen molar-refractivity contribution in [3.05, 3.63) is 155 Å². The van der Waals surface area contributed by atoms with Crippen LogP contribution in [0.1, 0.15) is 32.6 Å². The van der Waals surface area contributed by atoms with Gasteiger partial charge in [-0.15, -0.1) is 0 Å². The number of anilines is 2. The zero-order valence-corrected chi connectivity index (χ0v) is 29.3. The van der Waals surface area contributed by atoms with Gasteiger partial charge in [0.25, 0.3) is 0 Å². The van der Waals surface area contributed by atoms with Crippen LogP contribution >= 0.6 is 16.9 Å². The fourth-order valence-electron chi connectivity index (χ4n) is 6.49. The molecule has 0 N–H and O–H groups in total. The Morgan fingerprint density at radius 1 is 0.551 bits per heavy atom. The molecule has 2 unspecified atom stereocenters. The van der Waals surface area contributed by atoms with Crippen molar-refractivity contribution < 1.29 is 22.9 Å². The van der Waals surface area contributed by atoms with E-state index in [2.05, 4.69) is 63.2 Å². The number of hydrogen-bond donors (Lipinski definition) is 0. The molecule has 8 rings (SSSR count). The summed E-state index contributed by atoms with van der Waals surface area (Å²) in [6, 6.07) is 42.2. The summed E-state index contributed by atoms with van der Waals surface area (Å²) in [5, 5.41) is 1.02. The smallest absolute Gasteiger partial charge is 0.424 e. The van der Waals surface area contributed by atoms with E-state index >= 15 is 0 Å². The molecule has 2 aliphatic rings. The van der Waals surface area contributed by atoms with Gasteiger partial charge in [0, 0.05) is 16.7 Å². The zero-order chi connectivity index (χ0) is 33.6. The van der Waals surface area contributed by atoms with E-state index < -0.39 is 22.9 Å². The maximum absolute atomic E-state index is 13.4. The van der Waals surface area contributed by atoms with Gasteiger partial charge in [-0.2, -0.15) is 0 Å². The minimum atomic E-state index is -1.93. The predicted octanol–water partition coefficient (Wildman–Crippen LogP) is 11.3. The quantitative estimate of drug-likeness (QED) is 0.163. The van der Waals surface area contributed by atoms with E-state index in [0.29, 0.717) is 11.3 Å². The number of para-hydroxylation sites is 3. The van der Waals surface area contributed by atoms with Gasteiger partial charge in [-0.05, 0) is 104 Å². The van der Waals surface area contributed by atoms with E-state index in [4.69, 9.17) is 18.1 Å². The van der Waals surface area contributed by atoms with Crippen molar-refractivity contribution in [2.75, 3.05) is 4.67 Å². The maximum Gasteiger partial charge on any atom is 0.424 e. The molecule has 2 heterocycles. The fourth-order valence-corrected chi connectivity index (χ4v) is 9.58. The molecule has 6 aromatic rings. The molecule has 6 aromatic carbocycles. The Labute approximate surface area is 288 Å². The molecule has 2 atom stereocenters. The third kappa shape index (κ3) is 5.72. The van der Waals surface area contributed by atoms with Crippen LogP contribution in [0.5, 0.6) is 17.2 Å². The molecule has 242 valence electrons. The van der Waals surface area contributed by atoms with Gasteiger partial charge < -0.3 is 18.1 Å². The third-order valence-corrected chi connectivity index (χ3v) is 11.5. The lowest BCUT2D eigenvalue weighted by molar-refractivity contribution is 0.0735. The molecular formula is C41H33NO5P2. The zero-order valence-electron chi connectivity index (χ0n) is 27.5. The second-order valence-electron chi connectivity index (χ2n) is 12.2. The van der Waals surface area contributed by atoms with Gasteiger partial charge in [0.2, 0.25) is 0 Å². The Morgan fingerprint density at radius 3 is 1.84 bits per heavy atom. The van der Waals surface area contributed by atoms with Crippen LogP contribution in [0.4, 0.5) is 11.4 Å². The molecule has 49 heavy (non-hydrogen) atoms. The number of carbonyl (C=O) groups excluding carboxylic acids is 1. The highest BCUT2D eigenvalue weighted by molar-refractivity contribution is 7.57. The Hall–Kier alpha value is -5.15. The molecule has 2 aliphatic heterocycles. The number of carbonyl (C=O) groups is 1. The van der Waals surface area contributed by atoms with Gasteiger partial charge in [0.15, 0.2) is 0 Å². The summed E-state index contributed by atoms with van der Waals surface area (Å²) in [4.78, 5) is 13.4. The first-order valence-electron chi connectivity index (χ1n) is 16.1. The van der Waals surface area contributed by atoms with Gasteiger partial charge in [-0.1, -0.05) is 78.9 Å². The van der Waals surface area contributed by atoms with Gasteiger partial charge >= 0.3 is 22.9 Å². The molecule has 0 bridgehead atoms. The topological polar surface area (TPSA) is 57.2 Å². The van der Waals surface area contributed by atoms with Crippen molar-refractivity contribution in [3.63, 3.8) is 0 Å². The van der Waals surface area contributed by atoms with Crippen LogP contribution in [0.3, 0.4) is 0 Å². The summed E-state index contributed by atoms with van der Waals surface area (Å²) in [6.45, 7) is 8.25. The Kier molecular flexibility index (Phi) is 8.08.